The molecule has 0 radical (unpaired) electrons. The van der Waals surface area contributed by atoms with E-state index in [0.717, 1.165) is 6.07 Å². The zero-order chi connectivity index (χ0) is 21.3. The van der Waals surface area contributed by atoms with Gasteiger partial charge < -0.3 is 10.3 Å². The number of nitro benzene ring substituents is 1. The first-order chi connectivity index (χ1) is 14.4. The average Bonchev–Trinajstić information content (AvgIpc) is 2.73. The second kappa shape index (κ2) is 7.76. The van der Waals surface area contributed by atoms with Gasteiger partial charge in [0, 0.05) is 17.7 Å². The third-order valence-corrected chi connectivity index (χ3v) is 4.75. The van der Waals surface area contributed by atoms with Crippen molar-refractivity contribution in [3.63, 3.8) is 0 Å². The molecule has 4 aromatic rings. The van der Waals surface area contributed by atoms with Gasteiger partial charge in [-0.15, -0.1) is 0 Å². The van der Waals surface area contributed by atoms with Crippen molar-refractivity contribution in [3.8, 4) is 11.3 Å². The molecule has 1 aromatic heterocycles. The van der Waals surface area contributed by atoms with Crippen LogP contribution in [0.2, 0.25) is 5.02 Å². The van der Waals surface area contributed by atoms with Crippen LogP contribution in [0.25, 0.3) is 22.3 Å². The zero-order valence-corrected chi connectivity index (χ0v) is 16.0. The molecule has 4 rings (SSSR count). The van der Waals surface area contributed by atoms with Crippen molar-refractivity contribution in [2.45, 2.75) is 0 Å². The first-order valence-corrected chi connectivity index (χ1v) is 9.15. The number of benzene rings is 3. The topological polar surface area (TPSA) is 118 Å². The maximum atomic E-state index is 12.7. The minimum Gasteiger partial charge on any atom is -0.321 e. The predicted molar refractivity (Wildman–Crippen MR) is 114 cm³/mol. The van der Waals surface area contributed by atoms with Gasteiger partial charge in [0.1, 0.15) is 5.69 Å². The number of hydrogen-bond donors (Lipinski definition) is 2. The van der Waals surface area contributed by atoms with E-state index in [1.165, 1.54) is 12.1 Å². The molecule has 0 bridgehead atoms. The molecule has 2 N–H and O–H groups in total. The molecule has 0 aliphatic heterocycles. The Kier molecular flexibility index (Phi) is 4.99. The number of para-hydroxylation sites is 3. The molecule has 0 unspecified atom stereocenters. The molecule has 9 heteroatoms. The number of rotatable bonds is 4. The van der Waals surface area contributed by atoms with Gasteiger partial charge in [-0.2, -0.15) is 0 Å². The maximum absolute atomic E-state index is 12.7. The summed E-state index contributed by atoms with van der Waals surface area (Å²) in [4.78, 5) is 42.8. The maximum Gasteiger partial charge on any atom is 0.275 e. The fourth-order valence-corrected chi connectivity index (χ4v) is 3.26. The Balaban J connectivity index is 1.73. The smallest absolute Gasteiger partial charge is 0.275 e. The van der Waals surface area contributed by atoms with Crippen LogP contribution < -0.4 is 10.9 Å². The third-order valence-electron chi connectivity index (χ3n) is 4.44. The molecule has 0 atom stereocenters. The van der Waals surface area contributed by atoms with E-state index in [2.05, 4.69) is 15.3 Å². The fraction of sp³-hybridized carbons (Fsp3) is 0. The highest BCUT2D eigenvalue weighted by molar-refractivity contribution is 6.34. The summed E-state index contributed by atoms with van der Waals surface area (Å²) in [5, 5.41) is 13.5. The van der Waals surface area contributed by atoms with Crippen LogP contribution >= 0.6 is 11.6 Å². The number of halogens is 1. The summed E-state index contributed by atoms with van der Waals surface area (Å²) >= 11 is 6.05. The second-order valence-corrected chi connectivity index (χ2v) is 6.76. The van der Waals surface area contributed by atoms with E-state index in [0.29, 0.717) is 22.3 Å². The van der Waals surface area contributed by atoms with Gasteiger partial charge in [0.15, 0.2) is 0 Å². The van der Waals surface area contributed by atoms with Gasteiger partial charge in [0.2, 0.25) is 0 Å². The van der Waals surface area contributed by atoms with Gasteiger partial charge in [0.05, 0.1) is 32.2 Å². The summed E-state index contributed by atoms with van der Waals surface area (Å²) < 4.78 is 0. The summed E-state index contributed by atoms with van der Waals surface area (Å²) in [6, 6.07) is 17.4. The largest absolute Gasteiger partial charge is 0.321 e. The minimum atomic E-state index is -0.597. The van der Waals surface area contributed by atoms with Gasteiger partial charge in [-0.25, -0.2) is 4.98 Å². The molecule has 8 nitrogen and oxygen atoms in total. The van der Waals surface area contributed by atoms with Crippen molar-refractivity contribution in [2.24, 2.45) is 0 Å². The number of nitrogens with zero attached hydrogens (tertiary/aromatic N) is 2. The Labute approximate surface area is 174 Å². The minimum absolute atomic E-state index is 0.0548. The second-order valence-electron chi connectivity index (χ2n) is 6.35. The van der Waals surface area contributed by atoms with Gasteiger partial charge in [-0.3, -0.25) is 19.7 Å². The normalized spacial score (nSPS) is 10.7. The number of hydrogen-bond acceptors (Lipinski definition) is 5. The Morgan fingerprint density at radius 3 is 2.57 bits per heavy atom. The molecule has 3 aromatic carbocycles. The Morgan fingerprint density at radius 1 is 1.07 bits per heavy atom. The number of aromatic amines is 1. The number of aromatic nitrogens is 2. The lowest BCUT2D eigenvalue weighted by Crippen LogP contribution is -2.16. The van der Waals surface area contributed by atoms with Crippen LogP contribution in [-0.2, 0) is 0 Å². The summed E-state index contributed by atoms with van der Waals surface area (Å²) in [7, 11) is 0. The SMILES string of the molecule is O=C(Nc1ccccc1-c1nc2ccccc2[nH]c1=O)c1ccc([N+](=O)[O-])cc1Cl. The molecule has 0 saturated carbocycles. The number of anilines is 1. The fourth-order valence-electron chi connectivity index (χ4n) is 3.00. The van der Waals surface area contributed by atoms with E-state index in [-0.39, 0.29) is 22.0 Å². The lowest BCUT2D eigenvalue weighted by molar-refractivity contribution is -0.384. The number of non-ortho nitro benzene ring substituents is 1. The number of carbonyl (C=O) groups excluding carboxylic acids is 1. The number of fused-ring (bicyclic) bond motifs is 1. The van der Waals surface area contributed by atoms with Gasteiger partial charge in [-0.1, -0.05) is 41.9 Å². The first-order valence-electron chi connectivity index (χ1n) is 8.78. The number of nitro groups is 1. The standard InChI is InChI=1S/C21H13ClN4O4/c22-15-11-12(26(29)30)9-10-13(15)20(27)24-16-6-2-1-5-14(16)19-21(28)25-18-8-4-3-7-17(18)23-19/h1-11H,(H,24,27)(H,25,28). The summed E-state index contributed by atoms with van der Waals surface area (Å²) in [5.74, 6) is -0.570. The van der Waals surface area contributed by atoms with Gasteiger partial charge in [0.25, 0.3) is 17.2 Å². The van der Waals surface area contributed by atoms with Crippen LogP contribution in [0.1, 0.15) is 10.4 Å². The van der Waals surface area contributed by atoms with Crippen molar-refractivity contribution in [2.75, 3.05) is 5.32 Å². The van der Waals surface area contributed by atoms with E-state index >= 15 is 0 Å². The van der Waals surface area contributed by atoms with E-state index in [4.69, 9.17) is 11.6 Å². The Bertz CT molecular complexity index is 1370. The number of nitrogens with one attached hydrogen (secondary N) is 2. The van der Waals surface area contributed by atoms with Crippen LogP contribution in [0.3, 0.4) is 0 Å². The van der Waals surface area contributed by atoms with E-state index < -0.39 is 16.4 Å². The molecule has 0 aliphatic rings. The Hall–Kier alpha value is -4.04. The summed E-state index contributed by atoms with van der Waals surface area (Å²) in [6.45, 7) is 0. The predicted octanol–water partition coefficient (Wildman–Crippen LogP) is 4.40. The number of carbonyl (C=O) groups is 1. The quantitative estimate of drug-likeness (QED) is 0.374. The molecule has 0 aliphatic carbocycles. The van der Waals surface area contributed by atoms with Crippen molar-refractivity contribution in [1.29, 1.82) is 0 Å². The highest BCUT2D eigenvalue weighted by atomic mass is 35.5. The zero-order valence-electron chi connectivity index (χ0n) is 15.3. The highest BCUT2D eigenvalue weighted by Gasteiger charge is 2.18. The first kappa shape index (κ1) is 19.3. The molecular formula is C21H13ClN4O4. The average molecular weight is 421 g/mol. The molecule has 30 heavy (non-hydrogen) atoms. The van der Waals surface area contributed by atoms with Crippen LogP contribution in [0, 0.1) is 10.1 Å². The van der Waals surface area contributed by atoms with Crippen molar-refractivity contribution >= 4 is 39.9 Å². The molecule has 0 saturated heterocycles. The monoisotopic (exact) mass is 420 g/mol. The van der Waals surface area contributed by atoms with Crippen LogP contribution in [0.4, 0.5) is 11.4 Å². The van der Waals surface area contributed by atoms with E-state index in [1.807, 2.05) is 6.07 Å². The highest BCUT2D eigenvalue weighted by Crippen LogP contribution is 2.27. The molecule has 1 heterocycles. The van der Waals surface area contributed by atoms with Crippen LogP contribution in [-0.4, -0.2) is 20.8 Å². The molecule has 0 fully saturated rings. The lowest BCUT2D eigenvalue weighted by Gasteiger charge is -2.11. The van der Waals surface area contributed by atoms with Crippen LogP contribution in [0.5, 0.6) is 0 Å². The summed E-state index contributed by atoms with van der Waals surface area (Å²) in [5.41, 5.74) is 1.59. The molecular weight excluding hydrogens is 408 g/mol. The van der Waals surface area contributed by atoms with Crippen molar-refractivity contribution in [3.05, 3.63) is 97.8 Å². The molecule has 148 valence electrons. The van der Waals surface area contributed by atoms with Gasteiger partial charge >= 0.3 is 0 Å². The number of amides is 1. The van der Waals surface area contributed by atoms with E-state index in [1.54, 1.807) is 42.5 Å². The lowest BCUT2D eigenvalue weighted by atomic mass is 10.1. The summed E-state index contributed by atoms with van der Waals surface area (Å²) in [6.07, 6.45) is 0. The van der Waals surface area contributed by atoms with Crippen LogP contribution in [0.15, 0.2) is 71.5 Å². The molecule has 0 spiro atoms. The van der Waals surface area contributed by atoms with Crippen molar-refractivity contribution in [1.82, 2.24) is 9.97 Å². The van der Waals surface area contributed by atoms with E-state index in [9.17, 15) is 19.7 Å². The Morgan fingerprint density at radius 2 is 1.80 bits per heavy atom. The van der Waals surface area contributed by atoms with Crippen molar-refractivity contribution < 1.29 is 9.72 Å². The molecule has 1 amide bonds. The number of H-pyrrole nitrogens is 1. The third kappa shape index (κ3) is 3.63. The van der Waals surface area contributed by atoms with Gasteiger partial charge in [-0.05, 0) is 24.3 Å².